The highest BCUT2D eigenvalue weighted by Gasteiger charge is 2.13. The van der Waals surface area contributed by atoms with Gasteiger partial charge in [-0.15, -0.1) is 0 Å². The van der Waals surface area contributed by atoms with Gasteiger partial charge in [-0.1, -0.05) is 17.8 Å². The van der Waals surface area contributed by atoms with Crippen LogP contribution < -0.4 is 5.73 Å². The van der Waals surface area contributed by atoms with Crippen LogP contribution in [0.15, 0.2) is 41.9 Å². The second-order valence-corrected chi connectivity index (χ2v) is 4.18. The zero-order chi connectivity index (χ0) is 10.5. The van der Waals surface area contributed by atoms with E-state index >= 15 is 0 Å². The predicted molar refractivity (Wildman–Crippen MR) is 60.5 cm³/mol. The van der Waals surface area contributed by atoms with E-state index in [1.54, 1.807) is 30.4 Å². The Balaban J connectivity index is 2.12. The van der Waals surface area contributed by atoms with Crippen molar-refractivity contribution in [2.75, 3.05) is 6.54 Å². The molecular weight excluding hydrogens is 208 g/mol. The van der Waals surface area contributed by atoms with Gasteiger partial charge in [0.15, 0.2) is 5.16 Å². The van der Waals surface area contributed by atoms with E-state index in [-0.39, 0.29) is 5.25 Å². The molecule has 2 heterocycles. The molecule has 0 spiro atoms. The molecule has 2 aromatic rings. The van der Waals surface area contributed by atoms with Crippen LogP contribution in [0.1, 0.15) is 10.9 Å². The Labute approximate surface area is 92.3 Å². The molecule has 1 atom stereocenters. The third-order valence-corrected chi connectivity index (χ3v) is 3.12. The number of rotatable bonds is 4. The standard InChI is InChI=1S/C10H12N4S/c11-7-9(8-3-1-2-4-12-8)15-10-13-5-6-14-10/h1-6,9H,7,11H2,(H,13,14). The molecule has 0 aromatic carbocycles. The summed E-state index contributed by atoms with van der Waals surface area (Å²) in [5.41, 5.74) is 6.71. The van der Waals surface area contributed by atoms with Crippen molar-refractivity contribution in [3.63, 3.8) is 0 Å². The number of hydrogen-bond donors (Lipinski definition) is 2. The minimum Gasteiger partial charge on any atom is -0.340 e. The van der Waals surface area contributed by atoms with Gasteiger partial charge in [0.2, 0.25) is 0 Å². The molecule has 0 aliphatic carbocycles. The van der Waals surface area contributed by atoms with E-state index in [0.717, 1.165) is 10.9 Å². The number of nitrogens with two attached hydrogens (primary N) is 1. The van der Waals surface area contributed by atoms with Gasteiger partial charge in [0.1, 0.15) is 0 Å². The number of pyridine rings is 1. The number of hydrogen-bond acceptors (Lipinski definition) is 4. The van der Waals surface area contributed by atoms with Gasteiger partial charge in [-0.05, 0) is 12.1 Å². The van der Waals surface area contributed by atoms with Crippen molar-refractivity contribution in [3.05, 3.63) is 42.5 Å². The number of imidazole rings is 1. The quantitative estimate of drug-likeness (QED) is 0.768. The molecule has 1 unspecified atom stereocenters. The summed E-state index contributed by atoms with van der Waals surface area (Å²) in [5, 5.41) is 1.02. The molecule has 0 bridgehead atoms. The Morgan fingerprint density at radius 1 is 1.33 bits per heavy atom. The molecule has 4 nitrogen and oxygen atoms in total. The highest BCUT2D eigenvalue weighted by atomic mass is 32.2. The maximum Gasteiger partial charge on any atom is 0.165 e. The summed E-state index contributed by atoms with van der Waals surface area (Å²) in [6, 6.07) is 5.84. The Bertz CT molecular complexity index is 387. The summed E-state index contributed by atoms with van der Waals surface area (Å²) in [7, 11) is 0. The number of aromatic amines is 1. The first-order valence-electron chi connectivity index (χ1n) is 4.67. The van der Waals surface area contributed by atoms with Crippen molar-refractivity contribution in [2.45, 2.75) is 10.4 Å². The van der Waals surface area contributed by atoms with Crippen molar-refractivity contribution in [2.24, 2.45) is 5.73 Å². The van der Waals surface area contributed by atoms with Gasteiger partial charge in [0.25, 0.3) is 0 Å². The van der Waals surface area contributed by atoms with Gasteiger partial charge < -0.3 is 10.7 Å². The highest BCUT2D eigenvalue weighted by molar-refractivity contribution is 7.99. The second-order valence-electron chi connectivity index (χ2n) is 2.99. The molecular formula is C10H12N4S. The van der Waals surface area contributed by atoms with Crippen LogP contribution in [0, 0.1) is 0 Å². The van der Waals surface area contributed by atoms with E-state index in [0.29, 0.717) is 6.54 Å². The van der Waals surface area contributed by atoms with E-state index in [1.807, 2.05) is 18.2 Å². The maximum atomic E-state index is 5.72. The molecule has 3 N–H and O–H groups in total. The molecule has 0 amide bonds. The summed E-state index contributed by atoms with van der Waals surface area (Å²) >= 11 is 1.59. The number of H-pyrrole nitrogens is 1. The average Bonchev–Trinajstić information content (AvgIpc) is 2.80. The van der Waals surface area contributed by atoms with Crippen LogP contribution in [0.4, 0.5) is 0 Å². The number of aromatic nitrogens is 3. The predicted octanol–water partition coefficient (Wildman–Crippen LogP) is 1.60. The van der Waals surface area contributed by atoms with Crippen molar-refractivity contribution in [3.8, 4) is 0 Å². The molecule has 2 rings (SSSR count). The number of nitrogens with one attached hydrogen (secondary N) is 1. The Hall–Kier alpha value is -1.33. The Morgan fingerprint density at radius 2 is 2.27 bits per heavy atom. The molecule has 5 heteroatoms. The summed E-state index contributed by atoms with van der Waals surface area (Å²) in [6.07, 6.45) is 5.31. The third kappa shape index (κ3) is 2.57. The van der Waals surface area contributed by atoms with Crippen LogP contribution in [0.3, 0.4) is 0 Å². The normalized spacial score (nSPS) is 12.6. The molecule has 0 fully saturated rings. The summed E-state index contributed by atoms with van der Waals surface area (Å²) in [5.74, 6) is 0. The lowest BCUT2D eigenvalue weighted by Crippen LogP contribution is -2.10. The smallest absolute Gasteiger partial charge is 0.165 e. The lowest BCUT2D eigenvalue weighted by atomic mass is 10.3. The fourth-order valence-electron chi connectivity index (χ4n) is 1.25. The zero-order valence-electron chi connectivity index (χ0n) is 8.13. The summed E-state index contributed by atoms with van der Waals surface area (Å²) in [4.78, 5) is 11.5. The molecule has 0 aliphatic rings. The third-order valence-electron chi connectivity index (χ3n) is 1.96. The Kier molecular flexibility index (Phi) is 3.37. The molecule has 2 aromatic heterocycles. The first-order valence-corrected chi connectivity index (χ1v) is 5.55. The molecule has 78 valence electrons. The van der Waals surface area contributed by atoms with Crippen LogP contribution in [0.5, 0.6) is 0 Å². The van der Waals surface area contributed by atoms with E-state index in [9.17, 15) is 0 Å². The van der Waals surface area contributed by atoms with Crippen LogP contribution in [0.25, 0.3) is 0 Å². The molecule has 0 aliphatic heterocycles. The zero-order valence-corrected chi connectivity index (χ0v) is 8.95. The Morgan fingerprint density at radius 3 is 2.87 bits per heavy atom. The van der Waals surface area contributed by atoms with E-state index in [4.69, 9.17) is 5.73 Å². The van der Waals surface area contributed by atoms with Gasteiger partial charge in [-0.2, -0.15) is 0 Å². The van der Waals surface area contributed by atoms with Gasteiger partial charge in [-0.25, -0.2) is 4.98 Å². The molecule has 0 saturated heterocycles. The highest BCUT2D eigenvalue weighted by Crippen LogP contribution is 2.30. The fourth-order valence-corrected chi connectivity index (χ4v) is 2.13. The molecule has 0 saturated carbocycles. The van der Waals surface area contributed by atoms with Gasteiger partial charge in [-0.3, -0.25) is 4.98 Å². The van der Waals surface area contributed by atoms with Crippen molar-refractivity contribution in [1.29, 1.82) is 0 Å². The minimum absolute atomic E-state index is 0.150. The van der Waals surface area contributed by atoms with Crippen molar-refractivity contribution in [1.82, 2.24) is 15.0 Å². The van der Waals surface area contributed by atoms with E-state index in [1.165, 1.54) is 0 Å². The van der Waals surface area contributed by atoms with Crippen LogP contribution >= 0.6 is 11.8 Å². The maximum absolute atomic E-state index is 5.72. The van der Waals surface area contributed by atoms with Crippen LogP contribution in [-0.2, 0) is 0 Å². The second kappa shape index (κ2) is 4.95. The van der Waals surface area contributed by atoms with Crippen molar-refractivity contribution < 1.29 is 0 Å². The summed E-state index contributed by atoms with van der Waals surface area (Å²) in [6.45, 7) is 0.544. The lowest BCUT2D eigenvalue weighted by Gasteiger charge is -2.11. The van der Waals surface area contributed by atoms with E-state index < -0.39 is 0 Å². The first kappa shape index (κ1) is 10.2. The summed E-state index contributed by atoms with van der Waals surface area (Å²) < 4.78 is 0. The number of thioether (sulfide) groups is 1. The van der Waals surface area contributed by atoms with E-state index in [2.05, 4.69) is 15.0 Å². The first-order chi connectivity index (χ1) is 7.40. The molecule has 15 heavy (non-hydrogen) atoms. The largest absolute Gasteiger partial charge is 0.340 e. The van der Waals surface area contributed by atoms with Crippen LogP contribution in [0.2, 0.25) is 0 Å². The fraction of sp³-hybridized carbons (Fsp3) is 0.200. The molecule has 0 radical (unpaired) electrons. The average molecular weight is 220 g/mol. The van der Waals surface area contributed by atoms with Gasteiger partial charge in [0.05, 0.1) is 10.9 Å². The number of nitrogens with zero attached hydrogens (tertiary/aromatic N) is 2. The topological polar surface area (TPSA) is 67.6 Å². The SMILES string of the molecule is NCC(Sc1ncc[nH]1)c1ccccn1. The van der Waals surface area contributed by atoms with Gasteiger partial charge in [0, 0.05) is 25.1 Å². The van der Waals surface area contributed by atoms with Crippen LogP contribution in [-0.4, -0.2) is 21.5 Å². The minimum atomic E-state index is 0.150. The monoisotopic (exact) mass is 220 g/mol. The van der Waals surface area contributed by atoms with Crippen molar-refractivity contribution >= 4 is 11.8 Å². The van der Waals surface area contributed by atoms with Gasteiger partial charge >= 0.3 is 0 Å². The lowest BCUT2D eigenvalue weighted by molar-refractivity contribution is 0.889.